The molecule has 2 aromatic rings. The molecule has 4 nitrogen and oxygen atoms in total. The van der Waals surface area contributed by atoms with Gasteiger partial charge in [-0.25, -0.2) is 4.98 Å². The second-order valence-electron chi connectivity index (χ2n) is 5.81. The van der Waals surface area contributed by atoms with Crippen LogP contribution in [0.5, 0.6) is 0 Å². The molecule has 0 aliphatic heterocycles. The van der Waals surface area contributed by atoms with E-state index in [1.165, 1.54) is 18.0 Å². The minimum atomic E-state index is -0.600. The summed E-state index contributed by atoms with van der Waals surface area (Å²) in [7, 11) is 0. The van der Waals surface area contributed by atoms with Crippen LogP contribution in [0.15, 0.2) is 35.6 Å². The first kappa shape index (κ1) is 16.4. The smallest absolute Gasteiger partial charge is 0.229 e. The van der Waals surface area contributed by atoms with E-state index in [0.29, 0.717) is 16.4 Å². The van der Waals surface area contributed by atoms with Crippen molar-refractivity contribution < 1.29 is 9.18 Å². The topological polar surface area (TPSA) is 54.9 Å². The van der Waals surface area contributed by atoms with Gasteiger partial charge in [0, 0.05) is 22.9 Å². The maximum atomic E-state index is 14.2. The van der Waals surface area contributed by atoms with Gasteiger partial charge in [0.25, 0.3) is 0 Å². The highest BCUT2D eigenvalue weighted by molar-refractivity contribution is 7.98. The van der Waals surface area contributed by atoms with Gasteiger partial charge < -0.3 is 5.32 Å². The Kier molecular flexibility index (Phi) is 4.81. The summed E-state index contributed by atoms with van der Waals surface area (Å²) in [5.41, 5.74) is 0.833. The Balaban J connectivity index is 2.43. The van der Waals surface area contributed by atoms with Crippen LogP contribution < -0.4 is 5.32 Å². The van der Waals surface area contributed by atoms with E-state index in [1.807, 2.05) is 20.8 Å². The fourth-order valence-electron chi connectivity index (χ4n) is 1.76. The second-order valence-corrected chi connectivity index (χ2v) is 6.58. The van der Waals surface area contributed by atoms with Gasteiger partial charge in [0.1, 0.15) is 0 Å². The molecule has 0 saturated carbocycles. The van der Waals surface area contributed by atoms with Crippen LogP contribution in [0, 0.1) is 11.4 Å². The first-order valence-corrected chi connectivity index (χ1v) is 8.03. The first-order chi connectivity index (χ1) is 10.3. The number of rotatable bonds is 3. The number of halogens is 1. The van der Waals surface area contributed by atoms with E-state index < -0.39 is 11.4 Å². The number of para-hydroxylation sites is 1. The highest BCUT2D eigenvalue weighted by atomic mass is 32.2. The molecule has 1 amide bonds. The van der Waals surface area contributed by atoms with E-state index in [-0.39, 0.29) is 11.5 Å². The summed E-state index contributed by atoms with van der Waals surface area (Å²) >= 11 is 1.27. The number of amides is 1. The van der Waals surface area contributed by atoms with Gasteiger partial charge in [-0.15, -0.1) is 0 Å². The Hall–Kier alpha value is -1.95. The van der Waals surface area contributed by atoms with Crippen LogP contribution in [-0.4, -0.2) is 22.1 Å². The fraction of sp³-hybridized carbons (Fsp3) is 0.312. The van der Waals surface area contributed by atoms with E-state index in [2.05, 4.69) is 15.3 Å². The molecule has 0 aliphatic rings. The first-order valence-electron chi connectivity index (χ1n) is 6.80. The summed E-state index contributed by atoms with van der Waals surface area (Å²) in [6.07, 6.45) is 3.22. The zero-order valence-electron chi connectivity index (χ0n) is 13.0. The number of anilines is 1. The number of hydrogen-bond acceptors (Lipinski definition) is 4. The van der Waals surface area contributed by atoms with Crippen molar-refractivity contribution in [2.24, 2.45) is 5.41 Å². The van der Waals surface area contributed by atoms with Crippen molar-refractivity contribution >= 4 is 23.4 Å². The summed E-state index contributed by atoms with van der Waals surface area (Å²) in [5.74, 6) is -0.737. The SMILES string of the molecule is CSc1ncc(-c2ccccc2NC(=O)C(C)(C)C)c(F)n1. The zero-order chi connectivity index (χ0) is 16.3. The lowest BCUT2D eigenvalue weighted by atomic mass is 9.95. The molecule has 6 heteroatoms. The van der Waals surface area contributed by atoms with Gasteiger partial charge >= 0.3 is 0 Å². The Morgan fingerprint density at radius 1 is 1.23 bits per heavy atom. The maximum Gasteiger partial charge on any atom is 0.229 e. The van der Waals surface area contributed by atoms with Crippen molar-refractivity contribution in [2.75, 3.05) is 11.6 Å². The lowest BCUT2D eigenvalue weighted by Crippen LogP contribution is -2.27. The number of thioether (sulfide) groups is 1. The van der Waals surface area contributed by atoms with Crippen LogP contribution in [0.3, 0.4) is 0 Å². The van der Waals surface area contributed by atoms with Crippen molar-refractivity contribution in [2.45, 2.75) is 25.9 Å². The molecule has 0 unspecified atom stereocenters. The molecule has 116 valence electrons. The third-order valence-corrected chi connectivity index (χ3v) is 3.61. The monoisotopic (exact) mass is 319 g/mol. The van der Waals surface area contributed by atoms with Crippen LogP contribution in [-0.2, 0) is 4.79 Å². The number of aromatic nitrogens is 2. The molecule has 0 atom stereocenters. The fourth-order valence-corrected chi connectivity index (χ4v) is 2.09. The quantitative estimate of drug-likeness (QED) is 0.528. The molecule has 1 heterocycles. The third kappa shape index (κ3) is 3.62. The van der Waals surface area contributed by atoms with E-state index in [4.69, 9.17) is 0 Å². The summed E-state index contributed by atoms with van der Waals surface area (Å²) in [5, 5.41) is 3.21. The standard InChI is InChI=1S/C16H18FN3OS/c1-16(2,3)14(21)19-12-8-6-5-7-10(12)11-9-18-15(22-4)20-13(11)17/h5-9H,1-4H3,(H,19,21). The van der Waals surface area contributed by atoms with Gasteiger partial charge in [-0.3, -0.25) is 4.79 Å². The Bertz CT molecular complexity index is 698. The molecule has 0 aliphatic carbocycles. The van der Waals surface area contributed by atoms with Crippen molar-refractivity contribution in [1.82, 2.24) is 9.97 Å². The molecule has 0 radical (unpaired) electrons. The second kappa shape index (κ2) is 6.44. The van der Waals surface area contributed by atoms with Crippen LogP contribution in [0.2, 0.25) is 0 Å². The molecule has 0 bridgehead atoms. The Morgan fingerprint density at radius 3 is 2.50 bits per heavy atom. The van der Waals surface area contributed by atoms with Gasteiger partial charge in [-0.1, -0.05) is 50.7 Å². The molecule has 1 aromatic heterocycles. The van der Waals surface area contributed by atoms with Gasteiger partial charge in [0.05, 0.1) is 5.56 Å². The number of carbonyl (C=O) groups excluding carboxylic acids is 1. The molecule has 0 saturated heterocycles. The minimum Gasteiger partial charge on any atom is -0.325 e. The number of benzene rings is 1. The molecular weight excluding hydrogens is 301 g/mol. The molecule has 1 N–H and O–H groups in total. The van der Waals surface area contributed by atoms with Crippen molar-refractivity contribution in [1.29, 1.82) is 0 Å². The average molecular weight is 319 g/mol. The maximum absolute atomic E-state index is 14.2. The number of nitrogens with zero attached hydrogens (tertiary/aromatic N) is 2. The van der Waals surface area contributed by atoms with Crippen molar-refractivity contribution in [3.8, 4) is 11.1 Å². The number of hydrogen-bond donors (Lipinski definition) is 1. The number of carbonyl (C=O) groups is 1. The van der Waals surface area contributed by atoms with Crippen LogP contribution in [0.1, 0.15) is 20.8 Å². The van der Waals surface area contributed by atoms with E-state index >= 15 is 0 Å². The minimum absolute atomic E-state index is 0.137. The van der Waals surface area contributed by atoms with Crippen LogP contribution in [0.25, 0.3) is 11.1 Å². The van der Waals surface area contributed by atoms with Gasteiger partial charge in [-0.05, 0) is 12.3 Å². The third-order valence-electron chi connectivity index (χ3n) is 3.05. The molecule has 1 aromatic carbocycles. The molecule has 0 fully saturated rings. The van der Waals surface area contributed by atoms with Crippen molar-refractivity contribution in [3.05, 3.63) is 36.4 Å². The molecule has 22 heavy (non-hydrogen) atoms. The normalized spacial score (nSPS) is 11.3. The number of nitrogens with one attached hydrogen (secondary N) is 1. The lowest BCUT2D eigenvalue weighted by molar-refractivity contribution is -0.123. The van der Waals surface area contributed by atoms with Gasteiger partial charge in [0.15, 0.2) is 5.16 Å². The lowest BCUT2D eigenvalue weighted by Gasteiger charge is -2.19. The van der Waals surface area contributed by atoms with E-state index in [1.54, 1.807) is 30.5 Å². The van der Waals surface area contributed by atoms with Crippen LogP contribution >= 0.6 is 11.8 Å². The highest BCUT2D eigenvalue weighted by Gasteiger charge is 2.22. The molecule has 2 rings (SSSR count). The summed E-state index contributed by atoms with van der Waals surface area (Å²) in [6, 6.07) is 7.04. The predicted molar refractivity (Wildman–Crippen MR) is 87.3 cm³/mol. The highest BCUT2D eigenvalue weighted by Crippen LogP contribution is 2.30. The zero-order valence-corrected chi connectivity index (χ0v) is 13.8. The van der Waals surface area contributed by atoms with Crippen LogP contribution in [0.4, 0.5) is 10.1 Å². The summed E-state index contributed by atoms with van der Waals surface area (Å²) in [6.45, 7) is 5.46. The molecular formula is C16H18FN3OS. The average Bonchev–Trinajstić information content (AvgIpc) is 2.47. The molecule has 0 spiro atoms. The van der Waals surface area contributed by atoms with Gasteiger partial charge in [0.2, 0.25) is 11.9 Å². The Labute approximate surface area is 133 Å². The van der Waals surface area contributed by atoms with Crippen molar-refractivity contribution in [3.63, 3.8) is 0 Å². The summed E-state index contributed by atoms with van der Waals surface area (Å²) in [4.78, 5) is 20.1. The van der Waals surface area contributed by atoms with E-state index in [9.17, 15) is 9.18 Å². The predicted octanol–water partition coefficient (Wildman–Crippen LogP) is 3.99. The van der Waals surface area contributed by atoms with E-state index in [0.717, 1.165) is 0 Å². The largest absolute Gasteiger partial charge is 0.325 e. The van der Waals surface area contributed by atoms with Gasteiger partial charge in [-0.2, -0.15) is 9.37 Å². The Morgan fingerprint density at radius 2 is 1.91 bits per heavy atom. The summed E-state index contributed by atoms with van der Waals surface area (Å²) < 4.78 is 14.2.